The van der Waals surface area contributed by atoms with Crippen LogP contribution in [0.15, 0.2) is 109 Å². The van der Waals surface area contributed by atoms with Crippen LogP contribution in [0.1, 0.15) is 11.1 Å². The summed E-state index contributed by atoms with van der Waals surface area (Å²) in [6.45, 7) is 0.440. The molecule has 0 fully saturated rings. The van der Waals surface area contributed by atoms with Crippen LogP contribution in [0, 0.1) is 0 Å². The molecule has 0 radical (unpaired) electrons. The van der Waals surface area contributed by atoms with Crippen molar-refractivity contribution >= 4 is 47.2 Å². The Labute approximate surface area is 374 Å². The van der Waals surface area contributed by atoms with Crippen LogP contribution in [-0.4, -0.2) is 81.8 Å². The quantitative estimate of drug-likeness (QED) is 0.0810. The van der Waals surface area contributed by atoms with Crippen LogP contribution in [0.2, 0.25) is 10.3 Å². The number of nitrogens with one attached hydrogen (secondary N) is 3. The molecular formula is C43H48Cl2N8O10. The normalized spacial score (nSPS) is 9.67. The first-order valence-electron chi connectivity index (χ1n) is 18.4. The van der Waals surface area contributed by atoms with Crippen molar-refractivity contribution in [1.29, 1.82) is 0 Å². The number of nitrogens with two attached hydrogens (primary N) is 1. The number of rotatable bonds is 13. The Morgan fingerprint density at radius 2 is 0.968 bits per heavy atom. The van der Waals surface area contributed by atoms with Gasteiger partial charge in [-0.3, -0.25) is 5.32 Å². The van der Waals surface area contributed by atoms with Crippen molar-refractivity contribution in [2.45, 2.75) is 13.1 Å². The lowest BCUT2D eigenvalue weighted by molar-refractivity contribution is 0.199. The SMILES string of the molecule is COc1cc(Cl)nc(N)n1.COc1cc(Cl)nc(NC(=O)NCc2c(OC)cccc2OC)n1.COc1cccc(OC)c1CNC(=O)Oc1ccccc1.COc1ccccc1. The number of hydrogen-bond acceptors (Lipinski definition) is 15. The summed E-state index contributed by atoms with van der Waals surface area (Å²) >= 11 is 11.3. The van der Waals surface area contributed by atoms with Crippen molar-refractivity contribution in [2.24, 2.45) is 0 Å². The molecule has 0 saturated heterocycles. The van der Waals surface area contributed by atoms with E-state index in [1.165, 1.54) is 26.4 Å². The van der Waals surface area contributed by atoms with Crippen molar-refractivity contribution in [3.05, 3.63) is 131 Å². The lowest BCUT2D eigenvalue weighted by atomic mass is 10.1. The topological polar surface area (TPSA) is 222 Å². The zero-order valence-corrected chi connectivity index (χ0v) is 37.0. The fourth-order valence-corrected chi connectivity index (χ4v) is 5.30. The van der Waals surface area contributed by atoms with Crippen LogP contribution in [0.25, 0.3) is 0 Å². The number of urea groups is 1. The second kappa shape index (κ2) is 27.4. The van der Waals surface area contributed by atoms with Gasteiger partial charge in [-0.2, -0.15) is 9.97 Å². The summed E-state index contributed by atoms with van der Waals surface area (Å²) < 4.78 is 40.9. The van der Waals surface area contributed by atoms with E-state index in [9.17, 15) is 9.59 Å². The van der Waals surface area contributed by atoms with Crippen molar-refractivity contribution in [3.63, 3.8) is 0 Å². The predicted molar refractivity (Wildman–Crippen MR) is 239 cm³/mol. The Hall–Kier alpha value is -7.44. The molecule has 0 saturated carbocycles. The molecule has 2 aromatic heterocycles. The molecule has 0 aliphatic carbocycles. The molecule has 18 nitrogen and oxygen atoms in total. The number of para-hydroxylation sites is 2. The van der Waals surface area contributed by atoms with Gasteiger partial charge in [-0.15, -0.1) is 0 Å². The average molecular weight is 908 g/mol. The molecule has 4 aromatic carbocycles. The highest BCUT2D eigenvalue weighted by Gasteiger charge is 2.14. The molecule has 3 amide bonds. The lowest BCUT2D eigenvalue weighted by Crippen LogP contribution is -2.29. The number of amides is 3. The monoisotopic (exact) mass is 906 g/mol. The fourth-order valence-electron chi connectivity index (χ4n) is 4.94. The molecular weight excluding hydrogens is 859 g/mol. The van der Waals surface area contributed by atoms with Crippen molar-refractivity contribution < 1.29 is 47.5 Å². The molecule has 0 unspecified atom stereocenters. The Bertz CT molecular complexity index is 2250. The Morgan fingerprint density at radius 3 is 1.40 bits per heavy atom. The molecule has 334 valence electrons. The van der Waals surface area contributed by atoms with Crippen molar-refractivity contribution in [3.8, 4) is 46.3 Å². The number of benzene rings is 4. The average Bonchev–Trinajstić information content (AvgIpc) is 3.30. The molecule has 2 heterocycles. The van der Waals surface area contributed by atoms with Gasteiger partial charge < -0.3 is 54.3 Å². The van der Waals surface area contributed by atoms with E-state index >= 15 is 0 Å². The van der Waals surface area contributed by atoms with Gasteiger partial charge in [0, 0.05) is 12.1 Å². The van der Waals surface area contributed by atoms with E-state index in [0.29, 0.717) is 40.2 Å². The number of ether oxygens (including phenoxy) is 8. The number of aromatic nitrogens is 4. The fraction of sp³-hybridized carbons (Fsp3) is 0.209. The molecule has 20 heteroatoms. The van der Waals surface area contributed by atoms with E-state index in [1.807, 2.05) is 54.6 Å². The van der Waals surface area contributed by atoms with E-state index in [2.05, 4.69) is 35.9 Å². The van der Waals surface area contributed by atoms with Crippen molar-refractivity contribution in [2.75, 3.05) is 60.8 Å². The van der Waals surface area contributed by atoms with Crippen LogP contribution in [0.5, 0.6) is 46.3 Å². The first-order chi connectivity index (χ1) is 30.5. The van der Waals surface area contributed by atoms with E-state index < -0.39 is 12.1 Å². The van der Waals surface area contributed by atoms with Crippen LogP contribution in [0.3, 0.4) is 0 Å². The highest BCUT2D eigenvalue weighted by Crippen LogP contribution is 2.29. The van der Waals surface area contributed by atoms with Gasteiger partial charge in [0.15, 0.2) is 0 Å². The third-order valence-corrected chi connectivity index (χ3v) is 8.22. The first kappa shape index (κ1) is 49.9. The first-order valence-corrected chi connectivity index (χ1v) is 19.2. The molecule has 0 aliphatic rings. The summed E-state index contributed by atoms with van der Waals surface area (Å²) in [4.78, 5) is 39.0. The second-order valence-electron chi connectivity index (χ2n) is 11.8. The number of nitrogen functional groups attached to an aromatic ring is 1. The summed E-state index contributed by atoms with van der Waals surface area (Å²) in [6.07, 6.45) is -0.533. The molecule has 5 N–H and O–H groups in total. The van der Waals surface area contributed by atoms with Gasteiger partial charge in [0.25, 0.3) is 0 Å². The van der Waals surface area contributed by atoms with E-state index in [1.54, 1.807) is 78.0 Å². The molecule has 0 atom stereocenters. The Balaban J connectivity index is 0.000000244. The zero-order valence-electron chi connectivity index (χ0n) is 35.5. The van der Waals surface area contributed by atoms with Gasteiger partial charge in [-0.1, -0.05) is 71.7 Å². The lowest BCUT2D eigenvalue weighted by Gasteiger charge is -2.14. The maximum absolute atomic E-state index is 12.0. The molecule has 63 heavy (non-hydrogen) atoms. The minimum atomic E-state index is -0.533. The molecule has 0 bridgehead atoms. The molecule has 0 spiro atoms. The number of anilines is 2. The maximum atomic E-state index is 12.0. The van der Waals surface area contributed by atoms with Gasteiger partial charge >= 0.3 is 12.1 Å². The number of carbonyl (C=O) groups excluding carboxylic acids is 2. The molecule has 6 aromatic rings. The van der Waals surface area contributed by atoms with E-state index in [4.69, 9.17) is 66.8 Å². The van der Waals surface area contributed by atoms with Crippen LogP contribution >= 0.6 is 23.2 Å². The highest BCUT2D eigenvalue weighted by atomic mass is 35.5. The summed E-state index contributed by atoms with van der Waals surface area (Å²) in [7, 11) is 10.8. The Kier molecular flexibility index (Phi) is 21.7. The number of halogens is 2. The van der Waals surface area contributed by atoms with Crippen LogP contribution in [0.4, 0.5) is 21.5 Å². The third-order valence-electron chi connectivity index (χ3n) is 7.83. The van der Waals surface area contributed by atoms with Gasteiger partial charge in [0.2, 0.25) is 23.7 Å². The zero-order chi connectivity index (χ0) is 46.0. The number of carbonyl (C=O) groups is 2. The largest absolute Gasteiger partial charge is 0.497 e. The summed E-state index contributed by atoms with van der Waals surface area (Å²) in [5.74, 6) is 4.67. The highest BCUT2D eigenvalue weighted by molar-refractivity contribution is 6.29. The smallest absolute Gasteiger partial charge is 0.412 e. The standard InChI is InChI=1S/C16H17NO4.C15H17ClN4O4.C7H8O.C5H6ClN3O/c1-19-14-9-6-10-15(20-2)13(14)11-17-16(18)21-12-7-4-3-5-8-12;1-22-10-5-4-6-11(23-2)9(10)8-17-15(21)20-14-18-12(16)7-13(19-14)24-3;1-8-7-5-3-2-4-6-7;1-10-4-2-3(6)8-5(7)9-4/h3-10H,11H2,1-2H3,(H,17,18);4-7H,8H2,1-3H3,(H2,17,18,19,20,21);2-6H,1H3;2H,1H3,(H2,7,8,9). The number of hydrogen-bond donors (Lipinski definition) is 4. The van der Waals surface area contributed by atoms with Gasteiger partial charge in [-0.25, -0.2) is 19.6 Å². The number of methoxy groups -OCH3 is 7. The van der Waals surface area contributed by atoms with Gasteiger partial charge in [-0.05, 0) is 48.5 Å². The van der Waals surface area contributed by atoms with Gasteiger partial charge in [0.1, 0.15) is 44.8 Å². The minimum absolute atomic E-state index is 0.0313. The predicted octanol–water partition coefficient (Wildman–Crippen LogP) is 7.89. The molecule has 6 rings (SSSR count). The van der Waals surface area contributed by atoms with Gasteiger partial charge in [0.05, 0.1) is 74.0 Å². The Morgan fingerprint density at radius 1 is 0.524 bits per heavy atom. The maximum Gasteiger partial charge on any atom is 0.412 e. The minimum Gasteiger partial charge on any atom is -0.497 e. The number of nitrogens with zero attached hydrogens (tertiary/aromatic N) is 4. The van der Waals surface area contributed by atoms with E-state index in [-0.39, 0.29) is 41.2 Å². The summed E-state index contributed by atoms with van der Waals surface area (Å²) in [6, 6.07) is 31.8. The third kappa shape index (κ3) is 17.6. The van der Waals surface area contributed by atoms with Crippen molar-refractivity contribution in [1.82, 2.24) is 30.6 Å². The summed E-state index contributed by atoms with van der Waals surface area (Å²) in [5, 5.41) is 8.28. The van der Waals surface area contributed by atoms with Crippen LogP contribution < -0.4 is 59.6 Å². The second-order valence-corrected chi connectivity index (χ2v) is 12.6. The summed E-state index contributed by atoms with van der Waals surface area (Å²) in [5.41, 5.74) is 6.72. The van der Waals surface area contributed by atoms with Crippen LogP contribution in [-0.2, 0) is 13.1 Å². The van der Waals surface area contributed by atoms with E-state index in [0.717, 1.165) is 11.3 Å². The molecule has 0 aliphatic heterocycles.